The molecule has 1 aromatic carbocycles. The zero-order valence-electron chi connectivity index (χ0n) is 20.9. The Morgan fingerprint density at radius 2 is 1.92 bits per heavy atom. The van der Waals surface area contributed by atoms with Crippen LogP contribution in [-0.2, 0) is 11.3 Å². The van der Waals surface area contributed by atoms with Crippen molar-refractivity contribution in [1.82, 2.24) is 25.2 Å². The Bertz CT molecular complexity index is 1520. The number of thiophene rings is 1. The first-order chi connectivity index (χ1) is 18.9. The van der Waals surface area contributed by atoms with E-state index in [0.717, 1.165) is 12.1 Å². The van der Waals surface area contributed by atoms with Gasteiger partial charge in [-0.3, -0.25) is 14.5 Å². The van der Waals surface area contributed by atoms with Crippen molar-refractivity contribution < 1.29 is 19.1 Å². The Balaban J connectivity index is 1.34. The summed E-state index contributed by atoms with van der Waals surface area (Å²) in [7, 11) is 2.91. The minimum Gasteiger partial charge on any atom is -0.495 e. The molecule has 0 unspecified atom stereocenters. The molecule has 11 nitrogen and oxygen atoms in total. The highest BCUT2D eigenvalue weighted by Crippen LogP contribution is 2.44. The SMILES string of the molecule is COc1cc(OC)c(Cl)c(NC(=O)c2csc3c(Nc4ccc(CN5CCNC(=O)C5)cn4)ncnc23)c1Cl. The fraction of sp³-hybridized carbons (Fsp3) is 0.240. The van der Waals surface area contributed by atoms with E-state index >= 15 is 0 Å². The second-order valence-corrected chi connectivity index (χ2v) is 10.2. The van der Waals surface area contributed by atoms with Crippen LogP contribution >= 0.6 is 34.5 Å². The van der Waals surface area contributed by atoms with Gasteiger partial charge in [0.15, 0.2) is 5.82 Å². The van der Waals surface area contributed by atoms with E-state index in [0.29, 0.717) is 58.5 Å². The molecule has 0 bridgehead atoms. The van der Waals surface area contributed by atoms with Crippen molar-refractivity contribution in [2.75, 3.05) is 44.5 Å². The van der Waals surface area contributed by atoms with Gasteiger partial charge in [-0.05, 0) is 11.6 Å². The van der Waals surface area contributed by atoms with Gasteiger partial charge in [-0.2, -0.15) is 0 Å². The van der Waals surface area contributed by atoms with Crippen molar-refractivity contribution in [1.29, 1.82) is 0 Å². The first-order valence-corrected chi connectivity index (χ1v) is 13.4. The molecule has 0 spiro atoms. The van der Waals surface area contributed by atoms with Crippen LogP contribution in [0.15, 0.2) is 36.1 Å². The fourth-order valence-electron chi connectivity index (χ4n) is 4.08. The number of fused-ring (bicyclic) bond motifs is 1. The van der Waals surface area contributed by atoms with Gasteiger partial charge in [0, 0.05) is 37.3 Å². The minimum absolute atomic E-state index is 0.0266. The van der Waals surface area contributed by atoms with Gasteiger partial charge in [0.05, 0.1) is 42.2 Å². The van der Waals surface area contributed by atoms with E-state index in [-0.39, 0.29) is 21.6 Å². The third kappa shape index (κ3) is 5.69. The van der Waals surface area contributed by atoms with Crippen LogP contribution in [0.1, 0.15) is 15.9 Å². The van der Waals surface area contributed by atoms with Crippen LogP contribution in [0, 0.1) is 0 Å². The predicted octanol–water partition coefficient (Wildman–Crippen LogP) is 4.34. The largest absolute Gasteiger partial charge is 0.495 e. The molecule has 0 aliphatic carbocycles. The zero-order valence-corrected chi connectivity index (χ0v) is 23.2. The molecule has 3 aromatic heterocycles. The lowest BCUT2D eigenvalue weighted by atomic mass is 10.2. The van der Waals surface area contributed by atoms with Gasteiger partial charge in [0.2, 0.25) is 5.91 Å². The van der Waals surface area contributed by atoms with E-state index < -0.39 is 5.91 Å². The monoisotopic (exact) mass is 587 g/mol. The number of aromatic nitrogens is 3. The van der Waals surface area contributed by atoms with E-state index in [1.807, 2.05) is 12.1 Å². The van der Waals surface area contributed by atoms with Crippen molar-refractivity contribution in [2.24, 2.45) is 0 Å². The van der Waals surface area contributed by atoms with E-state index in [2.05, 4.69) is 35.8 Å². The molecule has 1 aliphatic heterocycles. The molecule has 2 amide bonds. The van der Waals surface area contributed by atoms with Crippen LogP contribution in [0.4, 0.5) is 17.3 Å². The first-order valence-electron chi connectivity index (χ1n) is 11.7. The van der Waals surface area contributed by atoms with Gasteiger partial charge in [-0.25, -0.2) is 15.0 Å². The maximum Gasteiger partial charge on any atom is 0.258 e. The van der Waals surface area contributed by atoms with Crippen molar-refractivity contribution >= 4 is 73.9 Å². The number of amides is 2. The Morgan fingerprint density at radius 1 is 1.15 bits per heavy atom. The summed E-state index contributed by atoms with van der Waals surface area (Å²) in [5.74, 6) is 1.26. The number of methoxy groups -OCH3 is 2. The number of piperazine rings is 1. The van der Waals surface area contributed by atoms with Crippen molar-refractivity contribution in [3.8, 4) is 11.5 Å². The van der Waals surface area contributed by atoms with Crippen LogP contribution in [-0.4, -0.2) is 65.5 Å². The molecule has 4 heterocycles. The van der Waals surface area contributed by atoms with Gasteiger partial charge >= 0.3 is 0 Å². The quantitative estimate of drug-likeness (QED) is 0.275. The van der Waals surface area contributed by atoms with Gasteiger partial charge in [-0.15, -0.1) is 11.3 Å². The Hall–Kier alpha value is -3.71. The number of pyridine rings is 1. The Morgan fingerprint density at radius 3 is 2.59 bits per heavy atom. The maximum absolute atomic E-state index is 13.3. The molecule has 202 valence electrons. The number of carbonyl (C=O) groups is 2. The van der Waals surface area contributed by atoms with Crippen molar-refractivity contribution in [3.63, 3.8) is 0 Å². The highest BCUT2D eigenvalue weighted by atomic mass is 35.5. The summed E-state index contributed by atoms with van der Waals surface area (Å²) in [6, 6.07) is 5.33. The summed E-state index contributed by atoms with van der Waals surface area (Å²) >= 11 is 14.1. The number of benzene rings is 1. The molecule has 4 aromatic rings. The van der Waals surface area contributed by atoms with Crippen LogP contribution in [0.3, 0.4) is 0 Å². The molecule has 5 rings (SSSR count). The lowest BCUT2D eigenvalue weighted by Gasteiger charge is -2.26. The standard InChI is InChI=1S/C25H23Cl2N7O4S/c1-37-15-7-16(38-2)20(27)22(19(15)26)33-25(36)14-11-39-23-21(14)30-12-31-24(23)32-17-4-3-13(8-29-17)9-34-6-5-28-18(35)10-34/h3-4,7-8,11-12H,5-6,9-10H2,1-2H3,(H,28,35)(H,33,36)(H,29,30,31,32). The maximum atomic E-state index is 13.3. The third-order valence-corrected chi connectivity index (χ3v) is 7.73. The van der Waals surface area contributed by atoms with E-state index in [9.17, 15) is 9.59 Å². The molecule has 1 saturated heterocycles. The highest BCUT2D eigenvalue weighted by molar-refractivity contribution is 7.18. The van der Waals surface area contributed by atoms with Crippen LogP contribution in [0.25, 0.3) is 10.2 Å². The molecular formula is C25H23Cl2N7O4S. The second-order valence-electron chi connectivity index (χ2n) is 8.52. The average molecular weight is 588 g/mol. The van der Waals surface area contributed by atoms with Crippen LogP contribution in [0.5, 0.6) is 11.5 Å². The number of hydrogen-bond acceptors (Lipinski definition) is 10. The number of ether oxygens (including phenoxy) is 2. The molecule has 0 saturated carbocycles. The molecule has 1 fully saturated rings. The number of carbonyl (C=O) groups excluding carboxylic acids is 2. The third-order valence-electron chi connectivity index (χ3n) is 6.01. The molecule has 1 aliphatic rings. The molecule has 39 heavy (non-hydrogen) atoms. The number of halogens is 2. The van der Waals surface area contributed by atoms with Gasteiger partial charge < -0.3 is 25.4 Å². The Kier molecular flexibility index (Phi) is 7.98. The van der Waals surface area contributed by atoms with Crippen molar-refractivity contribution in [2.45, 2.75) is 6.54 Å². The van der Waals surface area contributed by atoms with Gasteiger partial charge in [-0.1, -0.05) is 29.3 Å². The number of rotatable bonds is 8. The summed E-state index contributed by atoms with van der Waals surface area (Å²) in [5, 5.41) is 10.7. The number of hydrogen-bond donors (Lipinski definition) is 3. The molecular weight excluding hydrogens is 565 g/mol. The predicted molar refractivity (Wildman–Crippen MR) is 151 cm³/mol. The highest BCUT2D eigenvalue weighted by Gasteiger charge is 2.23. The van der Waals surface area contributed by atoms with E-state index in [4.69, 9.17) is 32.7 Å². The first kappa shape index (κ1) is 26.9. The van der Waals surface area contributed by atoms with Crippen LogP contribution in [0.2, 0.25) is 10.0 Å². The minimum atomic E-state index is -0.459. The summed E-state index contributed by atoms with van der Waals surface area (Å²) in [6.45, 7) is 2.44. The molecule has 14 heteroatoms. The number of nitrogens with one attached hydrogen (secondary N) is 3. The zero-order chi connectivity index (χ0) is 27.5. The topological polar surface area (TPSA) is 131 Å². The number of anilines is 3. The summed E-state index contributed by atoms with van der Waals surface area (Å²) in [6.07, 6.45) is 3.13. The van der Waals surface area contributed by atoms with Crippen LogP contribution < -0.4 is 25.4 Å². The van der Waals surface area contributed by atoms with Gasteiger partial charge in [0.25, 0.3) is 5.91 Å². The average Bonchev–Trinajstić information content (AvgIpc) is 3.38. The van der Waals surface area contributed by atoms with Gasteiger partial charge in [0.1, 0.15) is 33.7 Å². The molecule has 0 atom stereocenters. The summed E-state index contributed by atoms with van der Waals surface area (Å²) in [4.78, 5) is 40.1. The lowest BCUT2D eigenvalue weighted by molar-refractivity contribution is -0.124. The van der Waals surface area contributed by atoms with E-state index in [1.165, 1.54) is 38.0 Å². The fourth-order valence-corrected chi connectivity index (χ4v) is 5.61. The van der Waals surface area contributed by atoms with E-state index in [1.54, 1.807) is 11.6 Å². The second kappa shape index (κ2) is 11.6. The number of nitrogens with zero attached hydrogens (tertiary/aromatic N) is 4. The molecule has 3 N–H and O–H groups in total. The summed E-state index contributed by atoms with van der Waals surface area (Å²) < 4.78 is 11.2. The smallest absolute Gasteiger partial charge is 0.258 e. The Labute approximate surface area is 237 Å². The van der Waals surface area contributed by atoms with Crippen molar-refractivity contribution in [3.05, 3.63) is 57.3 Å². The normalized spacial score (nSPS) is 13.7. The summed E-state index contributed by atoms with van der Waals surface area (Å²) in [5.41, 5.74) is 1.94. The lowest BCUT2D eigenvalue weighted by Crippen LogP contribution is -2.47. The molecule has 0 radical (unpaired) electrons.